The number of halogens is 4. The van der Waals surface area contributed by atoms with Crippen LogP contribution in [0.25, 0.3) is 0 Å². The van der Waals surface area contributed by atoms with Crippen LogP contribution in [0.2, 0.25) is 0 Å². The smallest absolute Gasteiger partial charge is 0.258 e. The van der Waals surface area contributed by atoms with E-state index in [9.17, 15) is 13.6 Å². The molecule has 0 bridgehead atoms. The fraction of sp³-hybridized carbons (Fsp3) is 0. The van der Waals surface area contributed by atoms with E-state index < -0.39 is 17.5 Å². The molecule has 0 aliphatic rings. The Bertz CT molecular complexity index is 649. The second kappa shape index (κ2) is 5.96. The molecule has 98 valence electrons. The Morgan fingerprint density at radius 1 is 1.16 bits per heavy atom. The van der Waals surface area contributed by atoms with E-state index in [1.165, 1.54) is 0 Å². The van der Waals surface area contributed by atoms with Gasteiger partial charge < -0.3 is 5.32 Å². The minimum absolute atomic E-state index is 0.197. The molecule has 1 amide bonds. The zero-order chi connectivity index (χ0) is 14.0. The molecule has 2 aromatic carbocycles. The molecule has 0 aromatic heterocycles. The Balaban J connectivity index is 2.28. The van der Waals surface area contributed by atoms with Crippen LogP contribution in [0.5, 0.6) is 0 Å². The van der Waals surface area contributed by atoms with Crippen molar-refractivity contribution in [2.45, 2.75) is 0 Å². The third-order valence-corrected chi connectivity index (χ3v) is 3.79. The first-order valence-corrected chi connectivity index (χ1v) is 7.06. The number of hydrogen-bond donors (Lipinski definition) is 1. The van der Waals surface area contributed by atoms with Gasteiger partial charge in [0.2, 0.25) is 0 Å². The van der Waals surface area contributed by atoms with Gasteiger partial charge >= 0.3 is 0 Å². The Morgan fingerprint density at radius 2 is 1.89 bits per heavy atom. The third kappa shape index (κ3) is 3.50. The van der Waals surface area contributed by atoms with Gasteiger partial charge in [-0.05, 0) is 52.9 Å². The molecule has 0 aliphatic heterocycles. The molecule has 1 N–H and O–H groups in total. The third-order valence-electron chi connectivity index (χ3n) is 2.35. The SMILES string of the molecule is O=C(Nc1cc(Br)ccc1I)c1ccc(F)cc1F. The number of benzene rings is 2. The van der Waals surface area contributed by atoms with Crippen LogP contribution in [0.1, 0.15) is 10.4 Å². The first-order valence-electron chi connectivity index (χ1n) is 5.19. The van der Waals surface area contributed by atoms with Crippen molar-refractivity contribution in [3.8, 4) is 0 Å². The van der Waals surface area contributed by atoms with E-state index in [-0.39, 0.29) is 5.56 Å². The molecule has 0 heterocycles. The number of carbonyl (C=O) groups excluding carboxylic acids is 1. The molecule has 0 saturated heterocycles. The van der Waals surface area contributed by atoms with Crippen molar-refractivity contribution in [2.24, 2.45) is 0 Å². The summed E-state index contributed by atoms with van der Waals surface area (Å²) in [6.45, 7) is 0. The van der Waals surface area contributed by atoms with Crippen LogP contribution < -0.4 is 5.32 Å². The molecule has 0 unspecified atom stereocenters. The van der Waals surface area contributed by atoms with Crippen LogP contribution in [0.15, 0.2) is 40.9 Å². The van der Waals surface area contributed by atoms with E-state index >= 15 is 0 Å². The average molecular weight is 438 g/mol. The lowest BCUT2D eigenvalue weighted by atomic mass is 10.2. The van der Waals surface area contributed by atoms with E-state index in [0.717, 1.165) is 20.2 Å². The van der Waals surface area contributed by atoms with E-state index in [2.05, 4.69) is 43.8 Å². The van der Waals surface area contributed by atoms with E-state index in [0.29, 0.717) is 11.8 Å². The number of carbonyl (C=O) groups is 1. The van der Waals surface area contributed by atoms with Gasteiger partial charge in [-0.15, -0.1) is 0 Å². The largest absolute Gasteiger partial charge is 0.321 e. The van der Waals surface area contributed by atoms with Crippen LogP contribution in [0.4, 0.5) is 14.5 Å². The van der Waals surface area contributed by atoms with Crippen LogP contribution in [-0.2, 0) is 0 Å². The van der Waals surface area contributed by atoms with Crippen molar-refractivity contribution in [1.82, 2.24) is 0 Å². The predicted molar refractivity (Wildman–Crippen MR) is 81.2 cm³/mol. The van der Waals surface area contributed by atoms with Crippen LogP contribution in [0.3, 0.4) is 0 Å². The minimum atomic E-state index is -0.887. The maximum atomic E-state index is 13.5. The highest BCUT2D eigenvalue weighted by atomic mass is 127. The molecule has 0 radical (unpaired) electrons. The summed E-state index contributed by atoms with van der Waals surface area (Å²) in [5.74, 6) is -2.22. The Hall–Kier alpha value is -1.02. The fourth-order valence-corrected chi connectivity index (χ4v) is 2.29. The number of nitrogens with one attached hydrogen (secondary N) is 1. The molecule has 0 saturated carbocycles. The monoisotopic (exact) mass is 437 g/mol. The summed E-state index contributed by atoms with van der Waals surface area (Å²) in [6.07, 6.45) is 0. The van der Waals surface area contributed by atoms with Gasteiger partial charge in [-0.3, -0.25) is 4.79 Å². The van der Waals surface area contributed by atoms with Gasteiger partial charge in [-0.25, -0.2) is 8.78 Å². The summed E-state index contributed by atoms with van der Waals surface area (Å²) in [6, 6.07) is 8.19. The molecule has 0 atom stereocenters. The average Bonchev–Trinajstić information content (AvgIpc) is 2.33. The van der Waals surface area contributed by atoms with Gasteiger partial charge in [0.15, 0.2) is 0 Å². The highest BCUT2D eigenvalue weighted by Crippen LogP contribution is 2.23. The lowest BCUT2D eigenvalue weighted by molar-refractivity contribution is 0.102. The molecule has 2 aromatic rings. The summed E-state index contributed by atoms with van der Waals surface area (Å²) < 4.78 is 27.9. The van der Waals surface area contributed by atoms with Gasteiger partial charge in [0, 0.05) is 14.1 Å². The second-order valence-electron chi connectivity index (χ2n) is 3.70. The standard InChI is InChI=1S/C13H7BrF2INO/c14-7-1-4-11(17)12(5-7)18-13(19)9-3-2-8(15)6-10(9)16/h1-6H,(H,18,19). The quantitative estimate of drug-likeness (QED) is 0.684. The second-order valence-corrected chi connectivity index (χ2v) is 5.78. The topological polar surface area (TPSA) is 29.1 Å². The van der Waals surface area contributed by atoms with Gasteiger partial charge in [0.25, 0.3) is 5.91 Å². The van der Waals surface area contributed by atoms with Gasteiger partial charge in [0.05, 0.1) is 11.3 Å². The summed E-state index contributed by atoms with van der Waals surface area (Å²) in [4.78, 5) is 11.9. The molecule has 0 spiro atoms. The van der Waals surface area contributed by atoms with E-state index in [1.54, 1.807) is 12.1 Å². The van der Waals surface area contributed by atoms with Crippen LogP contribution in [-0.4, -0.2) is 5.91 Å². The molecule has 6 heteroatoms. The van der Waals surface area contributed by atoms with Crippen molar-refractivity contribution in [3.63, 3.8) is 0 Å². The van der Waals surface area contributed by atoms with E-state index in [4.69, 9.17) is 0 Å². The molecule has 0 fully saturated rings. The minimum Gasteiger partial charge on any atom is -0.321 e. The Labute approximate surface area is 130 Å². The highest BCUT2D eigenvalue weighted by Gasteiger charge is 2.13. The predicted octanol–water partition coefficient (Wildman–Crippen LogP) is 4.58. The normalized spacial score (nSPS) is 10.3. The molecule has 0 aliphatic carbocycles. The lowest BCUT2D eigenvalue weighted by Gasteiger charge is -2.08. The summed E-state index contributed by atoms with van der Waals surface area (Å²) >= 11 is 5.34. The first-order chi connectivity index (χ1) is 8.97. The van der Waals surface area contributed by atoms with Gasteiger partial charge in [-0.2, -0.15) is 0 Å². The van der Waals surface area contributed by atoms with E-state index in [1.807, 2.05) is 6.07 Å². The van der Waals surface area contributed by atoms with Gasteiger partial charge in [0.1, 0.15) is 11.6 Å². The number of anilines is 1. The van der Waals surface area contributed by atoms with Crippen molar-refractivity contribution in [1.29, 1.82) is 0 Å². The van der Waals surface area contributed by atoms with Gasteiger partial charge in [-0.1, -0.05) is 15.9 Å². The highest BCUT2D eigenvalue weighted by molar-refractivity contribution is 14.1. The number of rotatable bonds is 2. The van der Waals surface area contributed by atoms with Crippen molar-refractivity contribution >= 4 is 50.1 Å². The summed E-state index contributed by atoms with van der Waals surface area (Å²) in [7, 11) is 0. The van der Waals surface area contributed by atoms with Crippen molar-refractivity contribution < 1.29 is 13.6 Å². The van der Waals surface area contributed by atoms with Crippen molar-refractivity contribution in [3.05, 3.63) is 61.6 Å². The maximum absolute atomic E-state index is 13.5. The number of hydrogen-bond acceptors (Lipinski definition) is 1. The Morgan fingerprint density at radius 3 is 2.58 bits per heavy atom. The van der Waals surface area contributed by atoms with Crippen molar-refractivity contribution in [2.75, 3.05) is 5.32 Å². The molecular weight excluding hydrogens is 431 g/mol. The molecule has 2 rings (SSSR count). The molecular formula is C13H7BrF2INO. The van der Waals surface area contributed by atoms with Crippen LogP contribution in [0, 0.1) is 15.2 Å². The lowest BCUT2D eigenvalue weighted by Crippen LogP contribution is -2.14. The number of amides is 1. The first kappa shape index (κ1) is 14.4. The molecule has 2 nitrogen and oxygen atoms in total. The fourth-order valence-electron chi connectivity index (χ4n) is 1.46. The zero-order valence-electron chi connectivity index (χ0n) is 9.38. The summed E-state index contributed by atoms with van der Waals surface area (Å²) in [5.41, 5.74) is 0.362. The summed E-state index contributed by atoms with van der Waals surface area (Å²) in [5, 5.41) is 2.59. The van der Waals surface area contributed by atoms with Crippen LogP contribution >= 0.6 is 38.5 Å². The molecule has 19 heavy (non-hydrogen) atoms. The zero-order valence-corrected chi connectivity index (χ0v) is 13.1. The maximum Gasteiger partial charge on any atom is 0.258 e. The Kier molecular flexibility index (Phi) is 4.51.